The molecule has 1 saturated carbocycles. The van der Waals surface area contributed by atoms with Crippen molar-refractivity contribution in [2.24, 2.45) is 11.7 Å². The van der Waals surface area contributed by atoms with Crippen molar-refractivity contribution >= 4 is 17.7 Å². The van der Waals surface area contributed by atoms with Gasteiger partial charge in [0.05, 0.1) is 12.3 Å². The molecule has 2 N–H and O–H groups in total. The zero-order valence-electron chi connectivity index (χ0n) is 16.8. The largest absolute Gasteiger partial charge is 0.364 e. The monoisotopic (exact) mass is 399 g/mol. The number of hydrogen-bond acceptors (Lipinski definition) is 5. The third kappa shape index (κ3) is 4.42. The molecule has 3 aliphatic rings. The van der Waals surface area contributed by atoms with E-state index in [1.165, 1.54) is 31.5 Å². The quantitative estimate of drug-likeness (QED) is 0.766. The molecule has 29 heavy (non-hydrogen) atoms. The fourth-order valence-electron chi connectivity index (χ4n) is 4.33. The first-order valence-corrected chi connectivity index (χ1v) is 10.6. The molecule has 8 nitrogen and oxygen atoms in total. The van der Waals surface area contributed by atoms with E-state index in [0.29, 0.717) is 13.1 Å². The minimum absolute atomic E-state index is 0.0188. The van der Waals surface area contributed by atoms with Crippen molar-refractivity contribution in [3.63, 3.8) is 0 Å². The Morgan fingerprint density at radius 1 is 1.00 bits per heavy atom. The normalized spacial score (nSPS) is 21.2. The average molecular weight is 399 g/mol. The molecule has 1 aliphatic carbocycles. The Bertz CT molecular complexity index is 771. The van der Waals surface area contributed by atoms with Crippen LogP contribution in [0.4, 0.5) is 0 Å². The minimum atomic E-state index is -0.587. The number of carbonyl (C=O) groups excluding carboxylic acids is 3. The molecule has 0 radical (unpaired) electrons. The summed E-state index contributed by atoms with van der Waals surface area (Å²) in [5.74, 6) is -0.493. The molecule has 156 valence electrons. The third-order valence-electron chi connectivity index (χ3n) is 6.45. The number of amides is 3. The lowest BCUT2D eigenvalue weighted by molar-refractivity contribution is -0.148. The highest BCUT2D eigenvalue weighted by atomic mass is 16.2. The van der Waals surface area contributed by atoms with Gasteiger partial charge in [-0.3, -0.25) is 24.3 Å². The van der Waals surface area contributed by atoms with E-state index in [1.807, 2.05) is 4.90 Å². The smallest absolute Gasteiger partial charge is 0.267 e. The molecule has 0 spiro atoms. The predicted octanol–water partition coefficient (Wildman–Crippen LogP) is 0.268. The van der Waals surface area contributed by atoms with Crippen molar-refractivity contribution < 1.29 is 14.4 Å². The van der Waals surface area contributed by atoms with Gasteiger partial charge < -0.3 is 15.5 Å². The number of aromatic nitrogens is 1. The SMILES string of the molecule is NC(=O)c1ccc(CC(=O)N2CC(C(=O)N3CCCN(C4CCC4)CC3)C2)cn1. The molecule has 0 atom stereocenters. The van der Waals surface area contributed by atoms with Crippen LogP contribution >= 0.6 is 0 Å². The molecule has 0 unspecified atom stereocenters. The van der Waals surface area contributed by atoms with Crippen LogP contribution in [-0.4, -0.2) is 82.7 Å². The first-order chi connectivity index (χ1) is 14.0. The van der Waals surface area contributed by atoms with Crippen LogP contribution in [0.15, 0.2) is 18.3 Å². The molecule has 3 heterocycles. The van der Waals surface area contributed by atoms with Gasteiger partial charge in [-0.15, -0.1) is 0 Å². The highest BCUT2D eigenvalue weighted by molar-refractivity contribution is 5.90. The summed E-state index contributed by atoms with van der Waals surface area (Å²) in [7, 11) is 0. The predicted molar refractivity (Wildman–Crippen MR) is 107 cm³/mol. The first kappa shape index (κ1) is 19.8. The van der Waals surface area contributed by atoms with Crippen LogP contribution in [0.2, 0.25) is 0 Å². The maximum absolute atomic E-state index is 12.8. The van der Waals surface area contributed by atoms with Crippen molar-refractivity contribution in [3.05, 3.63) is 29.6 Å². The van der Waals surface area contributed by atoms with E-state index in [9.17, 15) is 14.4 Å². The third-order valence-corrected chi connectivity index (χ3v) is 6.45. The van der Waals surface area contributed by atoms with Crippen LogP contribution in [0.1, 0.15) is 41.7 Å². The molecule has 3 fully saturated rings. The van der Waals surface area contributed by atoms with Gasteiger partial charge >= 0.3 is 0 Å². The number of likely N-dealkylation sites (tertiary alicyclic amines) is 1. The number of carbonyl (C=O) groups is 3. The van der Waals surface area contributed by atoms with Gasteiger partial charge in [0.15, 0.2) is 0 Å². The van der Waals surface area contributed by atoms with Crippen LogP contribution < -0.4 is 5.73 Å². The summed E-state index contributed by atoms with van der Waals surface area (Å²) >= 11 is 0. The molecule has 2 aliphatic heterocycles. The van der Waals surface area contributed by atoms with Crippen molar-refractivity contribution in [3.8, 4) is 0 Å². The van der Waals surface area contributed by atoms with Gasteiger partial charge in [0.2, 0.25) is 11.8 Å². The molecule has 1 aromatic heterocycles. The number of nitrogens with two attached hydrogens (primary N) is 1. The van der Waals surface area contributed by atoms with Gasteiger partial charge in [-0.1, -0.05) is 12.5 Å². The number of rotatable bonds is 5. The highest BCUT2D eigenvalue weighted by Crippen LogP contribution is 2.26. The van der Waals surface area contributed by atoms with Crippen LogP contribution in [0.5, 0.6) is 0 Å². The van der Waals surface area contributed by atoms with E-state index < -0.39 is 5.91 Å². The van der Waals surface area contributed by atoms with E-state index in [4.69, 9.17) is 5.73 Å². The van der Waals surface area contributed by atoms with E-state index in [2.05, 4.69) is 9.88 Å². The lowest BCUT2D eigenvalue weighted by Gasteiger charge is -2.40. The summed E-state index contributed by atoms with van der Waals surface area (Å²) in [6.07, 6.45) is 6.69. The topological polar surface area (TPSA) is 99.8 Å². The Kier molecular flexibility index (Phi) is 5.80. The Morgan fingerprint density at radius 2 is 1.79 bits per heavy atom. The Morgan fingerprint density at radius 3 is 2.41 bits per heavy atom. The molecule has 8 heteroatoms. The lowest BCUT2D eigenvalue weighted by Crippen LogP contribution is -2.57. The summed E-state index contributed by atoms with van der Waals surface area (Å²) < 4.78 is 0. The van der Waals surface area contributed by atoms with E-state index in [0.717, 1.165) is 44.2 Å². The molecule has 4 rings (SSSR count). The summed E-state index contributed by atoms with van der Waals surface area (Å²) in [5.41, 5.74) is 6.09. The number of hydrogen-bond donors (Lipinski definition) is 1. The number of primary amides is 1. The average Bonchev–Trinajstić information content (AvgIpc) is 2.85. The van der Waals surface area contributed by atoms with Gasteiger partial charge in [0.25, 0.3) is 5.91 Å². The molecular weight excluding hydrogens is 370 g/mol. The Hall–Kier alpha value is -2.48. The van der Waals surface area contributed by atoms with Gasteiger partial charge in [0.1, 0.15) is 5.69 Å². The zero-order valence-corrected chi connectivity index (χ0v) is 16.8. The van der Waals surface area contributed by atoms with Gasteiger partial charge in [0, 0.05) is 51.5 Å². The van der Waals surface area contributed by atoms with Crippen molar-refractivity contribution in [2.45, 2.75) is 38.1 Å². The van der Waals surface area contributed by atoms with E-state index >= 15 is 0 Å². The van der Waals surface area contributed by atoms with Crippen molar-refractivity contribution in [1.29, 1.82) is 0 Å². The summed E-state index contributed by atoms with van der Waals surface area (Å²) in [5, 5.41) is 0. The fraction of sp³-hybridized carbons (Fsp3) is 0.619. The van der Waals surface area contributed by atoms with E-state index in [1.54, 1.807) is 11.0 Å². The molecule has 0 aromatic carbocycles. The molecule has 0 bridgehead atoms. The Balaban J connectivity index is 1.23. The van der Waals surface area contributed by atoms with Gasteiger partial charge in [-0.05, 0) is 30.9 Å². The van der Waals surface area contributed by atoms with Crippen LogP contribution in [0.3, 0.4) is 0 Å². The van der Waals surface area contributed by atoms with E-state index in [-0.39, 0.29) is 29.8 Å². The van der Waals surface area contributed by atoms with Crippen molar-refractivity contribution in [1.82, 2.24) is 19.7 Å². The second-order valence-electron chi connectivity index (χ2n) is 8.39. The number of nitrogens with zero attached hydrogens (tertiary/aromatic N) is 4. The maximum atomic E-state index is 12.8. The second-order valence-corrected chi connectivity index (χ2v) is 8.39. The first-order valence-electron chi connectivity index (χ1n) is 10.6. The summed E-state index contributed by atoms with van der Waals surface area (Å²) in [4.78, 5) is 46.6. The summed E-state index contributed by atoms with van der Waals surface area (Å²) in [6.45, 7) is 4.68. The highest BCUT2D eigenvalue weighted by Gasteiger charge is 2.38. The Labute approximate surface area is 171 Å². The van der Waals surface area contributed by atoms with Gasteiger partial charge in [-0.2, -0.15) is 0 Å². The molecule has 3 amide bonds. The van der Waals surface area contributed by atoms with Crippen molar-refractivity contribution in [2.75, 3.05) is 39.3 Å². The van der Waals surface area contributed by atoms with Crippen LogP contribution in [-0.2, 0) is 16.0 Å². The lowest BCUT2D eigenvalue weighted by atomic mass is 9.91. The van der Waals surface area contributed by atoms with Gasteiger partial charge in [-0.25, -0.2) is 0 Å². The molecule has 1 aromatic rings. The van der Waals surface area contributed by atoms with Crippen LogP contribution in [0.25, 0.3) is 0 Å². The minimum Gasteiger partial charge on any atom is -0.364 e. The maximum Gasteiger partial charge on any atom is 0.267 e. The number of pyridine rings is 1. The molecular formula is C21H29N5O3. The van der Waals surface area contributed by atoms with Crippen LogP contribution in [0, 0.1) is 5.92 Å². The second kappa shape index (κ2) is 8.49. The summed E-state index contributed by atoms with van der Waals surface area (Å²) in [6, 6.07) is 3.95. The fourth-order valence-corrected chi connectivity index (χ4v) is 4.33. The standard InChI is InChI=1S/C21H29N5O3/c22-20(28)18-6-5-15(12-23-18)11-19(27)26-13-16(14-26)21(29)25-8-2-7-24(9-10-25)17-3-1-4-17/h5-6,12,16-17H,1-4,7-11,13-14H2,(H2,22,28). The zero-order chi connectivity index (χ0) is 20.4. The molecule has 2 saturated heterocycles.